The molecule has 15 heavy (non-hydrogen) atoms. The molecule has 5 nitrogen and oxygen atoms in total. The van der Waals surface area contributed by atoms with E-state index in [1.807, 2.05) is 0 Å². The maximum absolute atomic E-state index is 11.3. The van der Waals surface area contributed by atoms with E-state index in [2.05, 4.69) is 22.1 Å². The van der Waals surface area contributed by atoms with Gasteiger partial charge in [-0.05, 0) is 0 Å². The minimum Gasteiger partial charge on any atom is -0.331 e. The predicted molar refractivity (Wildman–Crippen MR) is 60.8 cm³/mol. The van der Waals surface area contributed by atoms with Crippen molar-refractivity contribution in [2.24, 2.45) is 5.73 Å². The Balaban J connectivity index is 2.64. The Labute approximate surface area is 92.3 Å². The second-order valence-electron chi connectivity index (χ2n) is 2.86. The summed E-state index contributed by atoms with van der Waals surface area (Å²) >= 11 is 1.32. The molecule has 1 rings (SSSR count). The summed E-state index contributed by atoms with van der Waals surface area (Å²) in [6.45, 7) is 0.317. The Morgan fingerprint density at radius 1 is 1.73 bits per heavy atom. The van der Waals surface area contributed by atoms with Gasteiger partial charge in [0.05, 0.1) is 17.6 Å². The SMILES string of the molecule is CN(C)C(=O)Nc1ncc(C#CCN)s1. The lowest BCUT2D eigenvalue weighted by atomic mass is 10.5. The van der Waals surface area contributed by atoms with Crippen LogP contribution in [0.1, 0.15) is 4.88 Å². The molecule has 0 fully saturated rings. The number of carbonyl (C=O) groups excluding carboxylic acids is 1. The van der Waals surface area contributed by atoms with Crippen LogP contribution in [0.15, 0.2) is 6.20 Å². The zero-order chi connectivity index (χ0) is 11.3. The summed E-state index contributed by atoms with van der Waals surface area (Å²) in [4.78, 5) is 17.5. The highest BCUT2D eigenvalue weighted by Crippen LogP contribution is 2.16. The van der Waals surface area contributed by atoms with Gasteiger partial charge in [0.15, 0.2) is 5.13 Å². The Morgan fingerprint density at radius 2 is 2.47 bits per heavy atom. The van der Waals surface area contributed by atoms with Gasteiger partial charge in [0.25, 0.3) is 0 Å². The van der Waals surface area contributed by atoms with E-state index in [1.54, 1.807) is 20.3 Å². The van der Waals surface area contributed by atoms with E-state index >= 15 is 0 Å². The highest BCUT2D eigenvalue weighted by atomic mass is 32.1. The van der Waals surface area contributed by atoms with E-state index < -0.39 is 0 Å². The largest absolute Gasteiger partial charge is 0.331 e. The lowest BCUT2D eigenvalue weighted by molar-refractivity contribution is 0.230. The zero-order valence-corrected chi connectivity index (χ0v) is 9.39. The van der Waals surface area contributed by atoms with Gasteiger partial charge in [-0.25, -0.2) is 9.78 Å². The number of carbonyl (C=O) groups is 1. The van der Waals surface area contributed by atoms with Gasteiger partial charge in [0.2, 0.25) is 0 Å². The zero-order valence-electron chi connectivity index (χ0n) is 8.57. The second-order valence-corrected chi connectivity index (χ2v) is 3.89. The minimum absolute atomic E-state index is 0.206. The third-order valence-corrected chi connectivity index (χ3v) is 2.27. The van der Waals surface area contributed by atoms with Gasteiger partial charge in [0.1, 0.15) is 0 Å². The summed E-state index contributed by atoms with van der Waals surface area (Å²) in [5.41, 5.74) is 5.24. The number of amides is 2. The van der Waals surface area contributed by atoms with E-state index in [0.717, 1.165) is 4.88 Å². The van der Waals surface area contributed by atoms with E-state index in [-0.39, 0.29) is 6.03 Å². The number of nitrogens with two attached hydrogens (primary N) is 1. The number of rotatable bonds is 1. The van der Waals surface area contributed by atoms with E-state index in [1.165, 1.54) is 16.2 Å². The van der Waals surface area contributed by atoms with Crippen molar-refractivity contribution in [1.82, 2.24) is 9.88 Å². The van der Waals surface area contributed by atoms with Gasteiger partial charge in [-0.2, -0.15) is 0 Å². The maximum atomic E-state index is 11.3. The van der Waals surface area contributed by atoms with Crippen LogP contribution in [0.5, 0.6) is 0 Å². The standard InChI is InChI=1S/C9H12N4OS/c1-13(2)9(14)12-8-11-6-7(15-8)4-3-5-10/h6H,5,10H2,1-2H3,(H,11,12,14). The van der Waals surface area contributed by atoms with Crippen LogP contribution in [0.25, 0.3) is 0 Å². The van der Waals surface area contributed by atoms with Gasteiger partial charge >= 0.3 is 6.03 Å². The molecule has 0 unspecified atom stereocenters. The smallest absolute Gasteiger partial charge is 0.323 e. The summed E-state index contributed by atoms with van der Waals surface area (Å²) in [7, 11) is 3.33. The third kappa shape index (κ3) is 3.58. The quantitative estimate of drug-likeness (QED) is 0.684. The summed E-state index contributed by atoms with van der Waals surface area (Å²) in [6.07, 6.45) is 1.61. The monoisotopic (exact) mass is 224 g/mol. The molecule has 0 aliphatic rings. The number of hydrogen-bond donors (Lipinski definition) is 2. The van der Waals surface area contributed by atoms with Crippen LogP contribution < -0.4 is 11.1 Å². The van der Waals surface area contributed by atoms with E-state index in [4.69, 9.17) is 5.73 Å². The molecule has 1 aromatic rings. The number of aromatic nitrogens is 1. The molecule has 0 bridgehead atoms. The van der Waals surface area contributed by atoms with E-state index in [0.29, 0.717) is 11.7 Å². The van der Waals surface area contributed by atoms with Crippen molar-refractivity contribution < 1.29 is 4.79 Å². The Kier molecular flexibility index (Phi) is 4.09. The topological polar surface area (TPSA) is 71.2 Å². The van der Waals surface area contributed by atoms with Crippen LogP contribution in [-0.4, -0.2) is 36.6 Å². The number of nitrogens with one attached hydrogen (secondary N) is 1. The molecule has 2 amide bonds. The average Bonchev–Trinajstić information content (AvgIpc) is 2.62. The molecule has 80 valence electrons. The van der Waals surface area contributed by atoms with E-state index in [9.17, 15) is 4.79 Å². The van der Waals surface area contributed by atoms with Gasteiger partial charge in [0, 0.05) is 14.1 Å². The molecule has 0 radical (unpaired) electrons. The minimum atomic E-state index is -0.206. The molecular formula is C9H12N4OS. The molecular weight excluding hydrogens is 212 g/mol. The van der Waals surface area contributed by atoms with Crippen molar-refractivity contribution in [2.75, 3.05) is 26.0 Å². The summed E-state index contributed by atoms with van der Waals surface area (Å²) in [5, 5.41) is 3.17. The second kappa shape index (κ2) is 5.34. The van der Waals surface area contributed by atoms with Crippen molar-refractivity contribution >= 4 is 22.5 Å². The number of nitrogens with zero attached hydrogens (tertiary/aromatic N) is 2. The summed E-state index contributed by atoms with van der Waals surface area (Å²) < 4.78 is 0. The first-order chi connectivity index (χ1) is 7.13. The van der Waals surface area contributed by atoms with Crippen molar-refractivity contribution in [3.63, 3.8) is 0 Å². The Hall–Kier alpha value is -1.58. The van der Waals surface area contributed by atoms with Crippen LogP contribution >= 0.6 is 11.3 Å². The molecule has 0 saturated carbocycles. The molecule has 6 heteroatoms. The first-order valence-electron chi connectivity index (χ1n) is 4.26. The van der Waals surface area contributed by atoms with Gasteiger partial charge in [-0.3, -0.25) is 5.32 Å². The number of urea groups is 1. The van der Waals surface area contributed by atoms with Crippen LogP contribution in [0.2, 0.25) is 0 Å². The van der Waals surface area contributed by atoms with Crippen LogP contribution in [-0.2, 0) is 0 Å². The van der Waals surface area contributed by atoms with Crippen molar-refractivity contribution in [3.8, 4) is 11.8 Å². The maximum Gasteiger partial charge on any atom is 0.323 e. The van der Waals surface area contributed by atoms with Gasteiger partial charge in [-0.1, -0.05) is 23.2 Å². The average molecular weight is 224 g/mol. The normalized spacial score (nSPS) is 9.00. The molecule has 0 atom stereocenters. The molecule has 1 aromatic heterocycles. The number of hydrogen-bond acceptors (Lipinski definition) is 4. The molecule has 0 aliphatic heterocycles. The van der Waals surface area contributed by atoms with Crippen LogP contribution in [0, 0.1) is 11.8 Å². The van der Waals surface area contributed by atoms with Gasteiger partial charge < -0.3 is 10.6 Å². The predicted octanol–water partition coefficient (Wildman–Crippen LogP) is 0.547. The van der Waals surface area contributed by atoms with Crippen molar-refractivity contribution in [3.05, 3.63) is 11.1 Å². The lowest BCUT2D eigenvalue weighted by Crippen LogP contribution is -2.27. The summed E-state index contributed by atoms with van der Waals surface area (Å²) in [5.74, 6) is 5.56. The summed E-state index contributed by atoms with van der Waals surface area (Å²) in [6, 6.07) is -0.206. The molecule has 0 saturated heterocycles. The highest BCUT2D eigenvalue weighted by molar-refractivity contribution is 7.16. The van der Waals surface area contributed by atoms with Crippen molar-refractivity contribution in [1.29, 1.82) is 0 Å². The van der Waals surface area contributed by atoms with Crippen molar-refractivity contribution in [2.45, 2.75) is 0 Å². The Bertz CT molecular complexity index is 402. The Morgan fingerprint density at radius 3 is 3.07 bits per heavy atom. The molecule has 0 aromatic carbocycles. The fraction of sp³-hybridized carbons (Fsp3) is 0.333. The molecule has 0 aliphatic carbocycles. The third-order valence-electron chi connectivity index (χ3n) is 1.44. The highest BCUT2D eigenvalue weighted by Gasteiger charge is 2.06. The van der Waals surface area contributed by atoms with Crippen LogP contribution in [0.3, 0.4) is 0 Å². The first kappa shape index (κ1) is 11.5. The molecule has 1 heterocycles. The van der Waals surface area contributed by atoms with Gasteiger partial charge in [-0.15, -0.1) is 0 Å². The fourth-order valence-electron chi connectivity index (χ4n) is 0.731. The fourth-order valence-corrected chi connectivity index (χ4v) is 1.41. The number of anilines is 1. The van der Waals surface area contributed by atoms with Crippen LogP contribution in [0.4, 0.5) is 9.93 Å². The lowest BCUT2D eigenvalue weighted by Gasteiger charge is -2.08. The molecule has 0 spiro atoms. The number of thiazole rings is 1. The molecule has 3 N–H and O–H groups in total. The first-order valence-corrected chi connectivity index (χ1v) is 5.08.